The van der Waals surface area contributed by atoms with Gasteiger partial charge < -0.3 is 9.30 Å². The van der Waals surface area contributed by atoms with Crippen LogP contribution in [0, 0.1) is 13.8 Å². The molecule has 0 radical (unpaired) electrons. The molecule has 4 rings (SSSR count). The molecule has 0 spiro atoms. The first-order valence-corrected chi connectivity index (χ1v) is 11.2. The van der Waals surface area contributed by atoms with Crippen LogP contribution >= 0.6 is 22.7 Å². The molecule has 0 bridgehead atoms. The third kappa shape index (κ3) is 3.84. The number of Topliss-reactive ketones (excluding diaryl/α,β-unsaturated/α-hetero) is 1. The molecule has 0 saturated heterocycles. The van der Waals surface area contributed by atoms with E-state index in [0.717, 1.165) is 43.6 Å². The second kappa shape index (κ2) is 8.05. The molecule has 0 N–H and O–H groups in total. The first kappa shape index (κ1) is 19.2. The van der Waals surface area contributed by atoms with Crippen molar-refractivity contribution in [2.24, 2.45) is 0 Å². The Bertz CT molecular complexity index is 990. The summed E-state index contributed by atoms with van der Waals surface area (Å²) >= 11 is 3.25. The van der Waals surface area contributed by atoms with Crippen LogP contribution in [0.5, 0.6) is 0 Å². The summed E-state index contributed by atoms with van der Waals surface area (Å²) in [6.07, 6.45) is 4.19. The molecule has 0 amide bonds. The number of carbonyl (C=O) groups excluding carboxylic acids is 2. The Hall–Kier alpha value is -2.18. The maximum Gasteiger partial charge on any atom is 0.348 e. The van der Waals surface area contributed by atoms with Crippen LogP contribution < -0.4 is 0 Å². The highest BCUT2D eigenvalue weighted by molar-refractivity contribution is 7.14. The third-order valence-corrected chi connectivity index (χ3v) is 7.47. The summed E-state index contributed by atoms with van der Waals surface area (Å²) in [6, 6.07) is 8.02. The van der Waals surface area contributed by atoms with Crippen molar-refractivity contribution in [1.29, 1.82) is 0 Å². The molecule has 3 aromatic rings. The van der Waals surface area contributed by atoms with Gasteiger partial charge in [0.15, 0.2) is 6.61 Å². The number of aromatic nitrogens is 1. The van der Waals surface area contributed by atoms with Crippen molar-refractivity contribution in [2.45, 2.75) is 46.1 Å². The summed E-state index contributed by atoms with van der Waals surface area (Å²) < 4.78 is 7.48. The Kier molecular flexibility index (Phi) is 5.51. The molecule has 3 heterocycles. The Balaban J connectivity index is 1.38. The number of thiophene rings is 2. The molecule has 0 aliphatic heterocycles. The number of fused-ring (bicyclic) bond motifs is 1. The molecule has 0 fully saturated rings. The number of esters is 1. The maximum atomic E-state index is 12.7. The predicted molar refractivity (Wildman–Crippen MR) is 113 cm³/mol. The Labute approximate surface area is 172 Å². The van der Waals surface area contributed by atoms with Crippen molar-refractivity contribution in [1.82, 2.24) is 4.57 Å². The van der Waals surface area contributed by atoms with Crippen LogP contribution in [0.25, 0.3) is 0 Å². The monoisotopic (exact) mass is 413 g/mol. The van der Waals surface area contributed by atoms with E-state index in [1.165, 1.54) is 26.7 Å². The number of carbonyl (C=O) groups is 2. The Morgan fingerprint density at radius 2 is 2.07 bits per heavy atom. The average Bonchev–Trinajstić information content (AvgIpc) is 3.43. The predicted octanol–water partition coefficient (Wildman–Crippen LogP) is 5.00. The third-order valence-electron chi connectivity index (χ3n) is 5.32. The van der Waals surface area contributed by atoms with E-state index in [1.807, 2.05) is 26.0 Å². The van der Waals surface area contributed by atoms with Gasteiger partial charge in [-0.1, -0.05) is 6.07 Å². The summed E-state index contributed by atoms with van der Waals surface area (Å²) in [7, 11) is 0. The van der Waals surface area contributed by atoms with Crippen LogP contribution in [0.3, 0.4) is 0 Å². The SMILES string of the molecule is Cc1cc(C(=O)COC(=O)c2cc3c(s2)CCC3)c(C)n1CCc1cccs1. The zero-order valence-corrected chi connectivity index (χ0v) is 17.8. The van der Waals surface area contributed by atoms with Gasteiger partial charge >= 0.3 is 5.97 Å². The molecule has 0 unspecified atom stereocenters. The van der Waals surface area contributed by atoms with Crippen LogP contribution in [-0.4, -0.2) is 22.9 Å². The van der Waals surface area contributed by atoms with Gasteiger partial charge in [0.2, 0.25) is 5.78 Å². The summed E-state index contributed by atoms with van der Waals surface area (Å²) in [5.74, 6) is -0.535. The lowest BCUT2D eigenvalue weighted by molar-refractivity contribution is 0.0479. The quantitative estimate of drug-likeness (QED) is 0.405. The number of hydrogen-bond donors (Lipinski definition) is 0. The van der Waals surface area contributed by atoms with Crippen molar-refractivity contribution in [3.8, 4) is 0 Å². The van der Waals surface area contributed by atoms with E-state index >= 15 is 0 Å². The molecule has 4 nitrogen and oxygen atoms in total. The minimum absolute atomic E-state index is 0.145. The van der Waals surface area contributed by atoms with Gasteiger partial charge in [-0.05, 0) is 68.7 Å². The first-order valence-electron chi connectivity index (χ1n) is 9.54. The van der Waals surface area contributed by atoms with E-state index in [-0.39, 0.29) is 18.4 Å². The van der Waals surface area contributed by atoms with E-state index in [4.69, 9.17) is 4.74 Å². The summed E-state index contributed by atoms with van der Waals surface area (Å²) in [5.41, 5.74) is 3.89. The fourth-order valence-corrected chi connectivity index (χ4v) is 5.66. The van der Waals surface area contributed by atoms with Crippen LogP contribution in [0.4, 0.5) is 0 Å². The molecule has 6 heteroatoms. The van der Waals surface area contributed by atoms with Crippen molar-refractivity contribution in [3.05, 3.63) is 66.8 Å². The number of hydrogen-bond acceptors (Lipinski definition) is 5. The Morgan fingerprint density at radius 3 is 2.82 bits per heavy atom. The van der Waals surface area contributed by atoms with Gasteiger partial charge in [0, 0.05) is 33.3 Å². The summed E-state index contributed by atoms with van der Waals surface area (Å²) in [6.45, 7) is 4.60. The van der Waals surface area contributed by atoms with Gasteiger partial charge in [0.05, 0.1) is 0 Å². The zero-order valence-electron chi connectivity index (χ0n) is 16.1. The van der Waals surface area contributed by atoms with Crippen LogP contribution in [0.15, 0.2) is 29.6 Å². The Morgan fingerprint density at radius 1 is 1.21 bits per heavy atom. The van der Waals surface area contributed by atoms with Crippen LogP contribution in [0.2, 0.25) is 0 Å². The second-order valence-electron chi connectivity index (χ2n) is 7.18. The molecular weight excluding hydrogens is 390 g/mol. The van der Waals surface area contributed by atoms with Gasteiger partial charge in [0.25, 0.3) is 0 Å². The molecule has 28 heavy (non-hydrogen) atoms. The fourth-order valence-electron chi connectivity index (χ4n) is 3.81. The lowest BCUT2D eigenvalue weighted by Gasteiger charge is -2.09. The average molecular weight is 414 g/mol. The number of aryl methyl sites for hydroxylation is 4. The second-order valence-corrected chi connectivity index (χ2v) is 9.35. The van der Waals surface area contributed by atoms with Crippen molar-refractivity contribution in [3.63, 3.8) is 0 Å². The highest BCUT2D eigenvalue weighted by Gasteiger charge is 2.21. The molecular formula is C22H23NO3S2. The van der Waals surface area contributed by atoms with Crippen molar-refractivity contribution in [2.75, 3.05) is 6.61 Å². The topological polar surface area (TPSA) is 48.3 Å². The van der Waals surface area contributed by atoms with E-state index in [0.29, 0.717) is 10.4 Å². The first-order chi connectivity index (χ1) is 13.5. The van der Waals surface area contributed by atoms with E-state index in [1.54, 1.807) is 11.3 Å². The van der Waals surface area contributed by atoms with Gasteiger partial charge in [0.1, 0.15) is 4.88 Å². The molecule has 3 aromatic heterocycles. The lowest BCUT2D eigenvalue weighted by Crippen LogP contribution is -2.14. The minimum Gasteiger partial charge on any atom is -0.453 e. The van der Waals surface area contributed by atoms with E-state index in [2.05, 4.69) is 22.1 Å². The zero-order chi connectivity index (χ0) is 19.7. The van der Waals surface area contributed by atoms with Crippen LogP contribution in [0.1, 0.15) is 53.2 Å². The van der Waals surface area contributed by atoms with Crippen molar-refractivity contribution >= 4 is 34.4 Å². The van der Waals surface area contributed by atoms with Gasteiger partial charge in [-0.3, -0.25) is 4.79 Å². The van der Waals surface area contributed by atoms with Gasteiger partial charge in [-0.2, -0.15) is 0 Å². The van der Waals surface area contributed by atoms with E-state index < -0.39 is 0 Å². The fraction of sp³-hybridized carbons (Fsp3) is 0.364. The molecule has 1 aliphatic carbocycles. The molecule has 146 valence electrons. The largest absolute Gasteiger partial charge is 0.453 e. The molecule has 0 aromatic carbocycles. The normalized spacial score (nSPS) is 12.9. The highest BCUT2D eigenvalue weighted by Crippen LogP contribution is 2.31. The van der Waals surface area contributed by atoms with E-state index in [9.17, 15) is 9.59 Å². The number of ketones is 1. The van der Waals surface area contributed by atoms with Crippen LogP contribution in [-0.2, 0) is 30.5 Å². The number of rotatable bonds is 7. The molecule has 1 aliphatic rings. The maximum absolute atomic E-state index is 12.7. The number of nitrogens with zero attached hydrogens (tertiary/aromatic N) is 1. The summed E-state index contributed by atoms with van der Waals surface area (Å²) in [5, 5.41) is 2.08. The summed E-state index contributed by atoms with van der Waals surface area (Å²) in [4.78, 5) is 28.2. The standard InChI is InChI=1S/C22H23NO3S2/c1-14-11-18(15(2)23(14)9-8-17-6-4-10-27-17)19(24)13-26-22(25)21-12-16-5-3-7-20(16)28-21/h4,6,10-12H,3,5,7-9,13H2,1-2H3. The smallest absolute Gasteiger partial charge is 0.348 e. The number of ether oxygens (including phenoxy) is 1. The van der Waals surface area contributed by atoms with Crippen molar-refractivity contribution < 1.29 is 14.3 Å². The molecule has 0 atom stereocenters. The molecule has 0 saturated carbocycles. The lowest BCUT2D eigenvalue weighted by atomic mass is 10.1. The van der Waals surface area contributed by atoms with Gasteiger partial charge in [-0.25, -0.2) is 4.79 Å². The highest BCUT2D eigenvalue weighted by atomic mass is 32.1. The minimum atomic E-state index is -0.390. The van der Waals surface area contributed by atoms with Gasteiger partial charge in [-0.15, -0.1) is 22.7 Å².